The molecular weight excluding hydrogens is 224 g/mol. The van der Waals surface area contributed by atoms with Gasteiger partial charge in [0.05, 0.1) is 6.10 Å². The van der Waals surface area contributed by atoms with E-state index in [0.29, 0.717) is 12.1 Å². The molecule has 0 aromatic heterocycles. The highest BCUT2D eigenvalue weighted by Crippen LogP contribution is 2.29. The topological polar surface area (TPSA) is 35.5 Å². The summed E-state index contributed by atoms with van der Waals surface area (Å²) in [6.07, 6.45) is 9.77. The Morgan fingerprint density at radius 1 is 1.06 bits per heavy atom. The Hall–Kier alpha value is -0.120. The lowest BCUT2D eigenvalue weighted by Crippen LogP contribution is -2.50. The van der Waals surface area contributed by atoms with Crippen molar-refractivity contribution in [2.24, 2.45) is 0 Å². The van der Waals surface area contributed by atoms with Crippen molar-refractivity contribution in [2.75, 3.05) is 13.6 Å². The fraction of sp³-hybridized carbons (Fsp3) is 1.00. The molecule has 2 fully saturated rings. The molecule has 0 bridgehead atoms. The number of hydrogen-bond acceptors (Lipinski definition) is 3. The predicted molar refractivity (Wildman–Crippen MR) is 75.7 cm³/mol. The lowest BCUT2D eigenvalue weighted by atomic mass is 9.86. The summed E-state index contributed by atoms with van der Waals surface area (Å²) in [6.45, 7) is 3.28. The number of hydrogen-bond donors (Lipinski definition) is 2. The van der Waals surface area contributed by atoms with Crippen molar-refractivity contribution in [3.63, 3.8) is 0 Å². The predicted octanol–water partition coefficient (Wildman–Crippen LogP) is 2.14. The van der Waals surface area contributed by atoms with Gasteiger partial charge in [-0.2, -0.15) is 0 Å². The summed E-state index contributed by atoms with van der Waals surface area (Å²) in [7, 11) is 2.23. The first-order valence-electron chi connectivity index (χ1n) is 7.85. The van der Waals surface area contributed by atoms with Crippen LogP contribution in [0.25, 0.3) is 0 Å². The third-order valence-electron chi connectivity index (χ3n) is 4.98. The van der Waals surface area contributed by atoms with Crippen LogP contribution in [0.2, 0.25) is 0 Å². The van der Waals surface area contributed by atoms with E-state index in [1.165, 1.54) is 44.9 Å². The number of nitrogens with one attached hydrogen (secondary N) is 1. The normalized spacial score (nSPS) is 38.0. The van der Waals surface area contributed by atoms with Crippen LogP contribution in [0.15, 0.2) is 0 Å². The van der Waals surface area contributed by atoms with Gasteiger partial charge in [0.15, 0.2) is 0 Å². The van der Waals surface area contributed by atoms with Crippen LogP contribution in [0.4, 0.5) is 0 Å². The highest BCUT2D eigenvalue weighted by Gasteiger charge is 2.32. The number of aliphatic hydroxyl groups excluding tert-OH is 1. The molecule has 0 aromatic carbocycles. The fourth-order valence-corrected chi connectivity index (χ4v) is 3.81. The second kappa shape index (κ2) is 6.88. The van der Waals surface area contributed by atoms with Gasteiger partial charge in [-0.3, -0.25) is 4.90 Å². The monoisotopic (exact) mass is 254 g/mol. The average Bonchev–Trinajstić information content (AvgIpc) is 2.40. The van der Waals surface area contributed by atoms with Crippen LogP contribution in [0.3, 0.4) is 0 Å². The van der Waals surface area contributed by atoms with Gasteiger partial charge in [0.2, 0.25) is 0 Å². The van der Waals surface area contributed by atoms with E-state index in [1.807, 2.05) is 0 Å². The molecule has 0 aliphatic heterocycles. The van der Waals surface area contributed by atoms with Crippen LogP contribution < -0.4 is 5.32 Å². The first-order valence-corrected chi connectivity index (χ1v) is 7.85. The Morgan fingerprint density at radius 3 is 2.33 bits per heavy atom. The third kappa shape index (κ3) is 3.46. The molecule has 2 aliphatic rings. The maximum absolute atomic E-state index is 10.2. The molecule has 2 saturated carbocycles. The van der Waals surface area contributed by atoms with Gasteiger partial charge in [-0.15, -0.1) is 0 Å². The Kier molecular flexibility index (Phi) is 5.46. The van der Waals surface area contributed by atoms with Crippen LogP contribution >= 0.6 is 0 Å². The minimum atomic E-state index is -0.0877. The highest BCUT2D eigenvalue weighted by molar-refractivity contribution is 4.88. The molecule has 2 unspecified atom stereocenters. The molecule has 3 heteroatoms. The van der Waals surface area contributed by atoms with Crippen molar-refractivity contribution >= 4 is 0 Å². The molecule has 3 nitrogen and oxygen atoms in total. The van der Waals surface area contributed by atoms with E-state index in [-0.39, 0.29) is 6.10 Å². The van der Waals surface area contributed by atoms with E-state index < -0.39 is 0 Å². The van der Waals surface area contributed by atoms with Crippen LogP contribution in [0.1, 0.15) is 58.3 Å². The number of nitrogens with zero attached hydrogens (tertiary/aromatic N) is 1. The summed E-state index contributed by atoms with van der Waals surface area (Å²) in [5, 5.41) is 13.7. The average molecular weight is 254 g/mol. The van der Waals surface area contributed by atoms with Crippen LogP contribution in [0, 0.1) is 0 Å². The fourth-order valence-electron chi connectivity index (χ4n) is 3.81. The summed E-state index contributed by atoms with van der Waals surface area (Å²) < 4.78 is 0. The summed E-state index contributed by atoms with van der Waals surface area (Å²) in [5.74, 6) is 0. The molecule has 2 atom stereocenters. The van der Waals surface area contributed by atoms with Gasteiger partial charge >= 0.3 is 0 Å². The third-order valence-corrected chi connectivity index (χ3v) is 4.98. The molecule has 0 saturated heterocycles. The zero-order valence-electron chi connectivity index (χ0n) is 12.1. The second-order valence-corrected chi connectivity index (χ2v) is 6.15. The zero-order valence-corrected chi connectivity index (χ0v) is 12.1. The second-order valence-electron chi connectivity index (χ2n) is 6.15. The highest BCUT2D eigenvalue weighted by atomic mass is 16.3. The van der Waals surface area contributed by atoms with Crippen LogP contribution in [-0.4, -0.2) is 47.8 Å². The summed E-state index contributed by atoms with van der Waals surface area (Å²) in [5.41, 5.74) is 0. The van der Waals surface area contributed by atoms with Gasteiger partial charge in [0, 0.05) is 18.1 Å². The Balaban J connectivity index is 1.81. The van der Waals surface area contributed by atoms with Crippen molar-refractivity contribution in [3.8, 4) is 0 Å². The van der Waals surface area contributed by atoms with Gasteiger partial charge in [-0.05, 0) is 52.1 Å². The molecule has 106 valence electrons. The molecule has 0 radical (unpaired) electrons. The SMILES string of the molecule is CCNC1CCC(N(C)C2CCCCC2O)CC1. The zero-order chi connectivity index (χ0) is 13.0. The maximum Gasteiger partial charge on any atom is 0.0695 e. The summed E-state index contributed by atoms with van der Waals surface area (Å²) in [6, 6.07) is 1.84. The van der Waals surface area contributed by atoms with Gasteiger partial charge in [0.25, 0.3) is 0 Å². The van der Waals surface area contributed by atoms with Crippen molar-refractivity contribution in [3.05, 3.63) is 0 Å². The molecule has 2 N–H and O–H groups in total. The van der Waals surface area contributed by atoms with Gasteiger partial charge in [0.1, 0.15) is 0 Å². The van der Waals surface area contributed by atoms with Crippen molar-refractivity contribution in [1.82, 2.24) is 10.2 Å². The van der Waals surface area contributed by atoms with E-state index in [4.69, 9.17) is 0 Å². The summed E-state index contributed by atoms with van der Waals surface area (Å²) in [4.78, 5) is 2.49. The molecule has 0 aromatic rings. The number of rotatable bonds is 4. The van der Waals surface area contributed by atoms with Crippen LogP contribution in [-0.2, 0) is 0 Å². The minimum Gasteiger partial charge on any atom is -0.391 e. The van der Waals surface area contributed by atoms with E-state index >= 15 is 0 Å². The first-order chi connectivity index (χ1) is 8.72. The quantitative estimate of drug-likeness (QED) is 0.807. The molecule has 2 rings (SSSR count). The Morgan fingerprint density at radius 2 is 1.72 bits per heavy atom. The maximum atomic E-state index is 10.2. The minimum absolute atomic E-state index is 0.0877. The van der Waals surface area contributed by atoms with Crippen molar-refractivity contribution in [1.29, 1.82) is 0 Å². The lowest BCUT2D eigenvalue weighted by molar-refractivity contribution is 0.00325. The van der Waals surface area contributed by atoms with E-state index in [1.54, 1.807) is 0 Å². The smallest absolute Gasteiger partial charge is 0.0695 e. The molecule has 18 heavy (non-hydrogen) atoms. The molecule has 0 amide bonds. The van der Waals surface area contributed by atoms with E-state index in [0.717, 1.165) is 19.0 Å². The van der Waals surface area contributed by atoms with Crippen molar-refractivity contribution in [2.45, 2.75) is 82.5 Å². The lowest BCUT2D eigenvalue weighted by Gasteiger charge is -2.42. The number of aliphatic hydroxyl groups is 1. The first kappa shape index (κ1) is 14.3. The number of likely N-dealkylation sites (N-methyl/N-ethyl adjacent to an activating group) is 1. The van der Waals surface area contributed by atoms with Gasteiger partial charge in [-0.25, -0.2) is 0 Å². The van der Waals surface area contributed by atoms with Crippen LogP contribution in [0.5, 0.6) is 0 Å². The van der Waals surface area contributed by atoms with Crippen molar-refractivity contribution < 1.29 is 5.11 Å². The Labute approximate surface area is 112 Å². The Bertz CT molecular complexity index is 239. The molecule has 0 heterocycles. The molecular formula is C15H30N2O. The van der Waals surface area contributed by atoms with Gasteiger partial charge < -0.3 is 10.4 Å². The molecule has 2 aliphatic carbocycles. The largest absolute Gasteiger partial charge is 0.391 e. The van der Waals surface area contributed by atoms with Gasteiger partial charge in [-0.1, -0.05) is 19.8 Å². The standard InChI is InChI=1S/C15H30N2O/c1-3-16-12-8-10-13(11-9-12)17(2)14-6-4-5-7-15(14)18/h12-16,18H,3-11H2,1-2H3. The molecule has 0 spiro atoms. The summed E-state index contributed by atoms with van der Waals surface area (Å²) >= 11 is 0. The van der Waals surface area contributed by atoms with E-state index in [2.05, 4.69) is 24.2 Å². The van der Waals surface area contributed by atoms with E-state index in [9.17, 15) is 5.11 Å².